The molecule has 0 saturated carbocycles. The Morgan fingerprint density at radius 2 is 2.10 bits per heavy atom. The quantitative estimate of drug-likeness (QED) is 0.798. The fourth-order valence-corrected chi connectivity index (χ4v) is 1.91. The number of rotatable bonds is 7. The van der Waals surface area contributed by atoms with Crippen LogP contribution in [-0.2, 0) is 11.3 Å². The van der Waals surface area contributed by atoms with Crippen LogP contribution in [-0.4, -0.2) is 32.8 Å². The van der Waals surface area contributed by atoms with E-state index in [2.05, 4.69) is 17.3 Å². The molecule has 0 aliphatic carbocycles. The molecule has 6 nitrogen and oxygen atoms in total. The van der Waals surface area contributed by atoms with Crippen LogP contribution < -0.4 is 5.32 Å². The van der Waals surface area contributed by atoms with E-state index in [1.807, 2.05) is 0 Å². The van der Waals surface area contributed by atoms with E-state index in [0.717, 1.165) is 19.4 Å². The van der Waals surface area contributed by atoms with Crippen LogP contribution in [0.15, 0.2) is 6.20 Å². The van der Waals surface area contributed by atoms with E-state index in [-0.39, 0.29) is 11.8 Å². The maximum atomic E-state index is 12.1. The molecule has 20 heavy (non-hydrogen) atoms. The van der Waals surface area contributed by atoms with Gasteiger partial charge in [0.1, 0.15) is 6.04 Å². The second-order valence-electron chi connectivity index (χ2n) is 5.28. The van der Waals surface area contributed by atoms with Crippen molar-refractivity contribution in [3.63, 3.8) is 0 Å². The van der Waals surface area contributed by atoms with Crippen molar-refractivity contribution in [1.82, 2.24) is 15.1 Å². The van der Waals surface area contributed by atoms with Gasteiger partial charge in [-0.1, -0.05) is 27.2 Å². The molecule has 0 bridgehead atoms. The molecule has 0 aliphatic rings. The molecule has 1 heterocycles. The predicted octanol–water partition coefficient (Wildman–Crippen LogP) is 1.83. The topological polar surface area (TPSA) is 84.2 Å². The van der Waals surface area contributed by atoms with Gasteiger partial charge in [-0.25, -0.2) is 4.79 Å². The number of aromatic nitrogens is 2. The Balaban J connectivity index is 2.81. The predicted molar refractivity (Wildman–Crippen MR) is 75.6 cm³/mol. The summed E-state index contributed by atoms with van der Waals surface area (Å²) in [6, 6.07) is -0.888. The van der Waals surface area contributed by atoms with Gasteiger partial charge in [0.2, 0.25) is 0 Å². The first-order chi connectivity index (χ1) is 9.36. The van der Waals surface area contributed by atoms with Crippen molar-refractivity contribution in [3.05, 3.63) is 17.5 Å². The molecule has 0 radical (unpaired) electrons. The van der Waals surface area contributed by atoms with Gasteiger partial charge in [0, 0.05) is 12.7 Å². The number of aliphatic carboxylic acids is 1. The van der Waals surface area contributed by atoms with Crippen LogP contribution in [0.4, 0.5) is 0 Å². The maximum absolute atomic E-state index is 12.1. The van der Waals surface area contributed by atoms with Crippen LogP contribution >= 0.6 is 0 Å². The zero-order valence-electron chi connectivity index (χ0n) is 12.5. The van der Waals surface area contributed by atoms with Crippen LogP contribution in [0.25, 0.3) is 0 Å². The second kappa shape index (κ2) is 7.07. The van der Waals surface area contributed by atoms with Gasteiger partial charge in [0.25, 0.3) is 5.91 Å². The van der Waals surface area contributed by atoms with Crippen molar-refractivity contribution in [1.29, 1.82) is 0 Å². The van der Waals surface area contributed by atoms with E-state index >= 15 is 0 Å². The number of nitrogens with one attached hydrogen (secondary N) is 1. The van der Waals surface area contributed by atoms with Gasteiger partial charge in [-0.2, -0.15) is 5.10 Å². The Bertz CT molecular complexity index is 480. The lowest BCUT2D eigenvalue weighted by atomic mass is 10.0. The van der Waals surface area contributed by atoms with Crippen molar-refractivity contribution in [3.8, 4) is 0 Å². The minimum Gasteiger partial charge on any atom is -0.480 e. The number of carbonyl (C=O) groups is 2. The minimum atomic E-state index is -1.02. The number of amides is 1. The molecule has 112 valence electrons. The summed E-state index contributed by atoms with van der Waals surface area (Å²) < 4.78 is 1.74. The molecule has 0 aliphatic heterocycles. The van der Waals surface area contributed by atoms with Gasteiger partial charge in [-0.05, 0) is 19.3 Å². The minimum absolute atomic E-state index is 0.174. The number of unbranched alkanes of at least 4 members (excludes halogenated alkanes) is 1. The van der Waals surface area contributed by atoms with Gasteiger partial charge in [0.15, 0.2) is 0 Å². The summed E-state index contributed by atoms with van der Waals surface area (Å²) in [5.41, 5.74) is 1.06. The third-order valence-corrected chi connectivity index (χ3v) is 3.15. The van der Waals surface area contributed by atoms with Crippen molar-refractivity contribution in [2.45, 2.75) is 53.1 Å². The fourth-order valence-electron chi connectivity index (χ4n) is 1.91. The second-order valence-corrected chi connectivity index (χ2v) is 5.28. The molecular weight excluding hydrogens is 258 g/mol. The van der Waals surface area contributed by atoms with Gasteiger partial charge in [-0.15, -0.1) is 0 Å². The van der Waals surface area contributed by atoms with Crippen molar-refractivity contribution >= 4 is 11.9 Å². The van der Waals surface area contributed by atoms with E-state index in [1.165, 1.54) is 0 Å². The van der Waals surface area contributed by atoms with E-state index < -0.39 is 12.0 Å². The average Bonchev–Trinajstić information content (AvgIpc) is 2.73. The molecule has 0 saturated heterocycles. The van der Waals surface area contributed by atoms with Crippen LogP contribution in [0.3, 0.4) is 0 Å². The van der Waals surface area contributed by atoms with E-state index in [4.69, 9.17) is 5.11 Å². The van der Waals surface area contributed by atoms with Crippen molar-refractivity contribution in [2.75, 3.05) is 0 Å². The van der Waals surface area contributed by atoms with Crippen molar-refractivity contribution < 1.29 is 14.7 Å². The summed E-state index contributed by atoms with van der Waals surface area (Å²) >= 11 is 0. The molecule has 6 heteroatoms. The maximum Gasteiger partial charge on any atom is 0.326 e. The first kappa shape index (κ1) is 16.2. The Kier molecular flexibility index (Phi) is 5.73. The number of carbonyl (C=O) groups excluding carboxylic acids is 1. The van der Waals surface area contributed by atoms with E-state index in [0.29, 0.717) is 11.3 Å². The fraction of sp³-hybridized carbons (Fsp3) is 0.643. The molecule has 1 aromatic heterocycles. The largest absolute Gasteiger partial charge is 0.480 e. The lowest BCUT2D eigenvalue weighted by Crippen LogP contribution is -2.44. The van der Waals surface area contributed by atoms with Crippen LogP contribution in [0, 0.1) is 12.8 Å². The highest BCUT2D eigenvalue weighted by molar-refractivity contribution is 5.97. The number of nitrogens with zero attached hydrogens (tertiary/aromatic N) is 2. The van der Waals surface area contributed by atoms with Crippen molar-refractivity contribution in [2.24, 2.45) is 5.92 Å². The molecule has 0 aromatic carbocycles. The Morgan fingerprint density at radius 1 is 1.45 bits per heavy atom. The number of hydrogen-bond acceptors (Lipinski definition) is 3. The first-order valence-corrected chi connectivity index (χ1v) is 6.94. The highest BCUT2D eigenvalue weighted by Crippen LogP contribution is 2.09. The first-order valence-electron chi connectivity index (χ1n) is 6.94. The zero-order valence-corrected chi connectivity index (χ0v) is 12.5. The SMILES string of the molecule is CCCCn1cc(C(=O)N[C@@H](C(=O)O)C(C)C)c(C)n1. The molecule has 1 rings (SSSR count). The standard InChI is InChI=1S/C14H23N3O3/c1-5-6-7-17-8-11(10(4)16-17)13(18)15-12(9(2)3)14(19)20/h8-9,12H,5-7H2,1-4H3,(H,15,18)(H,19,20)/t12-/m1/s1. The molecule has 1 aromatic rings. The normalized spacial score (nSPS) is 12.4. The Morgan fingerprint density at radius 3 is 2.60 bits per heavy atom. The van der Waals surface area contributed by atoms with Gasteiger partial charge in [-0.3, -0.25) is 9.48 Å². The molecule has 0 unspecified atom stereocenters. The number of carboxylic acid groups (broad SMARTS) is 1. The summed E-state index contributed by atoms with van der Waals surface area (Å²) in [7, 11) is 0. The lowest BCUT2D eigenvalue weighted by Gasteiger charge is -2.17. The summed E-state index contributed by atoms with van der Waals surface area (Å²) in [5, 5.41) is 15.9. The highest BCUT2D eigenvalue weighted by Gasteiger charge is 2.25. The average molecular weight is 281 g/mol. The molecule has 0 fully saturated rings. The van der Waals surface area contributed by atoms with Crippen LogP contribution in [0.2, 0.25) is 0 Å². The molecule has 0 spiro atoms. The Labute approximate surface area is 119 Å². The third kappa shape index (κ3) is 4.08. The van der Waals surface area contributed by atoms with E-state index in [9.17, 15) is 9.59 Å². The summed E-state index contributed by atoms with van der Waals surface area (Å²) in [6.45, 7) is 8.12. The van der Waals surface area contributed by atoms with Gasteiger partial charge >= 0.3 is 5.97 Å². The third-order valence-electron chi connectivity index (χ3n) is 3.15. The van der Waals surface area contributed by atoms with E-state index in [1.54, 1.807) is 31.6 Å². The molecule has 1 atom stereocenters. The number of carboxylic acids is 1. The van der Waals surface area contributed by atoms with Gasteiger partial charge in [0.05, 0.1) is 11.3 Å². The summed E-state index contributed by atoms with van der Waals surface area (Å²) in [5.74, 6) is -1.58. The van der Waals surface area contributed by atoms with Gasteiger partial charge < -0.3 is 10.4 Å². The summed E-state index contributed by atoms with van der Waals surface area (Å²) in [4.78, 5) is 23.2. The van der Waals surface area contributed by atoms with Crippen LogP contribution in [0.5, 0.6) is 0 Å². The number of aryl methyl sites for hydroxylation is 2. The monoisotopic (exact) mass is 281 g/mol. The molecule has 1 amide bonds. The zero-order chi connectivity index (χ0) is 15.3. The molecular formula is C14H23N3O3. The molecule has 2 N–H and O–H groups in total. The lowest BCUT2D eigenvalue weighted by molar-refractivity contribution is -0.140. The Hall–Kier alpha value is -1.85. The van der Waals surface area contributed by atoms with Crippen LogP contribution in [0.1, 0.15) is 49.7 Å². The smallest absolute Gasteiger partial charge is 0.326 e. The number of hydrogen-bond donors (Lipinski definition) is 2. The summed E-state index contributed by atoms with van der Waals surface area (Å²) in [6.07, 6.45) is 3.72. The highest BCUT2D eigenvalue weighted by atomic mass is 16.4.